The van der Waals surface area contributed by atoms with Crippen molar-refractivity contribution in [2.24, 2.45) is 0 Å². The first-order chi connectivity index (χ1) is 12.7. The summed E-state index contributed by atoms with van der Waals surface area (Å²) in [5.74, 6) is -4.21. The summed E-state index contributed by atoms with van der Waals surface area (Å²) in [4.78, 5) is 12.9. The molecule has 0 heterocycles. The number of nitrogens with one attached hydrogen (secondary N) is 1. The summed E-state index contributed by atoms with van der Waals surface area (Å²) < 4.78 is 67.4. The Hall–Kier alpha value is -2.35. The molecule has 144 valence electrons. The van der Waals surface area contributed by atoms with Crippen LogP contribution < -0.4 is 4.72 Å². The van der Waals surface area contributed by atoms with Crippen LogP contribution in [0.25, 0.3) is 0 Å². The van der Waals surface area contributed by atoms with Gasteiger partial charge < -0.3 is 0 Å². The van der Waals surface area contributed by atoms with E-state index in [0.29, 0.717) is 31.2 Å². The number of hydrogen-bond acceptors (Lipinski definition) is 3. The van der Waals surface area contributed by atoms with Crippen LogP contribution in [-0.2, 0) is 26.0 Å². The van der Waals surface area contributed by atoms with E-state index in [2.05, 4.69) is 0 Å². The Morgan fingerprint density at radius 2 is 1.52 bits per heavy atom. The third kappa shape index (κ3) is 4.00. The first-order valence-corrected chi connectivity index (χ1v) is 10.1. The molecule has 0 spiro atoms. The number of benzene rings is 2. The van der Waals surface area contributed by atoms with Crippen LogP contribution in [0.5, 0.6) is 0 Å². The second-order valence-corrected chi connectivity index (χ2v) is 8.41. The van der Waals surface area contributed by atoms with E-state index in [1.165, 1.54) is 24.3 Å². The minimum Gasteiger partial charge on any atom is -0.273 e. The van der Waals surface area contributed by atoms with E-state index in [1.54, 1.807) is 0 Å². The highest BCUT2D eigenvalue weighted by molar-refractivity contribution is 7.89. The Morgan fingerprint density at radius 1 is 0.963 bits per heavy atom. The first-order valence-electron chi connectivity index (χ1n) is 8.47. The zero-order chi connectivity index (χ0) is 19.7. The first kappa shape index (κ1) is 19.4. The lowest BCUT2D eigenvalue weighted by molar-refractivity contribution is -0.124. The SMILES string of the molecule is O=C(NS(=O)(=O)Cc1c(F)cccc1F)C1(c2ccc(F)cc2)CCCC1. The fourth-order valence-corrected chi connectivity index (χ4v) is 4.74. The molecule has 8 heteroatoms. The van der Waals surface area contributed by atoms with Crippen molar-refractivity contribution in [1.29, 1.82) is 0 Å². The van der Waals surface area contributed by atoms with Crippen molar-refractivity contribution in [3.63, 3.8) is 0 Å². The predicted molar refractivity (Wildman–Crippen MR) is 93.7 cm³/mol. The molecule has 3 rings (SSSR count). The van der Waals surface area contributed by atoms with Crippen LogP contribution in [0, 0.1) is 17.5 Å². The maximum Gasteiger partial charge on any atom is 0.244 e. The molecule has 27 heavy (non-hydrogen) atoms. The van der Waals surface area contributed by atoms with E-state index in [4.69, 9.17) is 0 Å². The van der Waals surface area contributed by atoms with E-state index in [9.17, 15) is 26.4 Å². The molecule has 1 amide bonds. The molecule has 0 bridgehead atoms. The van der Waals surface area contributed by atoms with Gasteiger partial charge in [-0.15, -0.1) is 0 Å². The predicted octanol–water partition coefficient (Wildman–Crippen LogP) is 3.56. The molecule has 1 saturated carbocycles. The zero-order valence-electron chi connectivity index (χ0n) is 14.3. The molecule has 1 N–H and O–H groups in total. The Bertz CT molecular complexity index is 932. The van der Waals surface area contributed by atoms with Gasteiger partial charge in [-0.1, -0.05) is 31.0 Å². The molecule has 0 unspecified atom stereocenters. The average molecular weight is 397 g/mol. The summed E-state index contributed by atoms with van der Waals surface area (Å²) in [5, 5.41) is 0. The van der Waals surface area contributed by atoms with Crippen LogP contribution in [0.15, 0.2) is 42.5 Å². The summed E-state index contributed by atoms with van der Waals surface area (Å²) in [5.41, 5.74) is -1.21. The molecule has 4 nitrogen and oxygen atoms in total. The molecule has 1 fully saturated rings. The Kier molecular flexibility index (Phi) is 5.28. The lowest BCUT2D eigenvalue weighted by Crippen LogP contribution is -2.45. The van der Waals surface area contributed by atoms with Crippen molar-refractivity contribution < 1.29 is 26.4 Å². The van der Waals surface area contributed by atoms with Gasteiger partial charge in [0.2, 0.25) is 15.9 Å². The molecule has 1 aliphatic carbocycles. The molecule has 0 aromatic heterocycles. The molecular weight excluding hydrogens is 379 g/mol. The van der Waals surface area contributed by atoms with E-state index in [-0.39, 0.29) is 0 Å². The second kappa shape index (κ2) is 7.34. The molecule has 0 saturated heterocycles. The topological polar surface area (TPSA) is 63.2 Å². The molecule has 2 aromatic carbocycles. The highest BCUT2D eigenvalue weighted by Gasteiger charge is 2.44. The van der Waals surface area contributed by atoms with Crippen molar-refractivity contribution in [2.75, 3.05) is 0 Å². The number of hydrogen-bond donors (Lipinski definition) is 1. The second-order valence-electron chi connectivity index (χ2n) is 6.69. The van der Waals surface area contributed by atoms with Crippen LogP contribution in [0.3, 0.4) is 0 Å². The third-order valence-corrected chi connectivity index (χ3v) is 6.10. The Morgan fingerprint density at radius 3 is 2.07 bits per heavy atom. The van der Waals surface area contributed by atoms with Gasteiger partial charge in [0.1, 0.15) is 23.2 Å². The fourth-order valence-electron chi connectivity index (χ4n) is 3.53. The van der Waals surface area contributed by atoms with Crippen LogP contribution in [0.2, 0.25) is 0 Å². The normalized spacial score (nSPS) is 16.3. The monoisotopic (exact) mass is 397 g/mol. The van der Waals surface area contributed by atoms with Gasteiger partial charge in [-0.3, -0.25) is 9.52 Å². The van der Waals surface area contributed by atoms with Crippen LogP contribution in [0.4, 0.5) is 13.2 Å². The van der Waals surface area contributed by atoms with Gasteiger partial charge in [0.25, 0.3) is 0 Å². The quantitative estimate of drug-likeness (QED) is 0.839. The van der Waals surface area contributed by atoms with E-state index in [1.807, 2.05) is 4.72 Å². The van der Waals surface area contributed by atoms with Crippen molar-refractivity contribution in [3.8, 4) is 0 Å². The number of halogens is 3. The van der Waals surface area contributed by atoms with Crippen molar-refractivity contribution >= 4 is 15.9 Å². The Labute approximate surface area is 155 Å². The molecule has 0 aliphatic heterocycles. The van der Waals surface area contributed by atoms with Crippen LogP contribution >= 0.6 is 0 Å². The van der Waals surface area contributed by atoms with Crippen LogP contribution in [-0.4, -0.2) is 14.3 Å². The minimum absolute atomic E-state index is 0.411. The van der Waals surface area contributed by atoms with Crippen LogP contribution in [0.1, 0.15) is 36.8 Å². The lowest BCUT2D eigenvalue weighted by atomic mass is 9.78. The highest BCUT2D eigenvalue weighted by atomic mass is 32.2. The summed E-state index contributed by atoms with van der Waals surface area (Å²) in [6.07, 6.45) is 2.25. The highest BCUT2D eigenvalue weighted by Crippen LogP contribution is 2.41. The van der Waals surface area contributed by atoms with Gasteiger partial charge in [0.05, 0.1) is 5.41 Å². The van der Waals surface area contributed by atoms with Crippen molar-refractivity contribution in [2.45, 2.75) is 36.9 Å². The number of sulfonamides is 1. The summed E-state index contributed by atoms with van der Waals surface area (Å²) in [6, 6.07) is 8.38. The minimum atomic E-state index is -4.32. The summed E-state index contributed by atoms with van der Waals surface area (Å²) in [7, 11) is -4.32. The number of rotatable bonds is 5. The fraction of sp³-hybridized carbons (Fsp3) is 0.316. The molecular formula is C19H18F3NO3S. The largest absolute Gasteiger partial charge is 0.273 e. The average Bonchev–Trinajstić information content (AvgIpc) is 3.10. The maximum atomic E-state index is 13.7. The van der Waals surface area contributed by atoms with E-state index in [0.717, 1.165) is 18.2 Å². The van der Waals surface area contributed by atoms with Gasteiger partial charge in [0, 0.05) is 5.56 Å². The molecule has 2 aromatic rings. The molecule has 1 aliphatic rings. The van der Waals surface area contributed by atoms with Gasteiger partial charge in [-0.05, 0) is 42.7 Å². The van der Waals surface area contributed by atoms with E-state index < -0.39 is 50.1 Å². The standard InChI is InChI=1S/C19H18F3NO3S/c20-14-8-6-13(7-9-14)19(10-1-2-11-19)18(24)23-27(25,26)12-15-16(21)4-3-5-17(15)22/h3-9H,1-2,10-12H2,(H,23,24). The maximum absolute atomic E-state index is 13.7. The van der Waals surface area contributed by atoms with Gasteiger partial charge in [-0.25, -0.2) is 21.6 Å². The Balaban J connectivity index is 1.86. The van der Waals surface area contributed by atoms with Crippen molar-refractivity contribution in [3.05, 3.63) is 71.0 Å². The number of carbonyl (C=O) groups is 1. The lowest BCUT2D eigenvalue weighted by Gasteiger charge is -2.28. The van der Waals surface area contributed by atoms with Gasteiger partial charge >= 0.3 is 0 Å². The van der Waals surface area contributed by atoms with Crippen molar-refractivity contribution in [1.82, 2.24) is 4.72 Å². The van der Waals surface area contributed by atoms with E-state index >= 15 is 0 Å². The van der Waals surface area contributed by atoms with Gasteiger partial charge in [-0.2, -0.15) is 0 Å². The summed E-state index contributed by atoms with van der Waals surface area (Å²) >= 11 is 0. The smallest absolute Gasteiger partial charge is 0.244 e. The van der Waals surface area contributed by atoms with Gasteiger partial charge in [0.15, 0.2) is 0 Å². The zero-order valence-corrected chi connectivity index (χ0v) is 15.2. The summed E-state index contributed by atoms with van der Waals surface area (Å²) in [6.45, 7) is 0. The molecule has 0 atom stereocenters. The number of carbonyl (C=O) groups excluding carboxylic acids is 1. The number of amides is 1. The molecule has 0 radical (unpaired) electrons. The third-order valence-electron chi connectivity index (χ3n) is 4.93.